The Labute approximate surface area is 118 Å². The SMILES string of the molecule is C[C@H](O)c1ccccc1N(Cc1cccs1)C1CC1. The third-order valence-corrected chi connectivity index (χ3v) is 4.45. The van der Waals surface area contributed by atoms with Crippen molar-refractivity contribution in [1.29, 1.82) is 0 Å². The third kappa shape index (κ3) is 2.82. The Morgan fingerprint density at radius 1 is 1.26 bits per heavy atom. The molecule has 0 bridgehead atoms. The van der Waals surface area contributed by atoms with Crippen LogP contribution in [-0.2, 0) is 6.54 Å². The van der Waals surface area contributed by atoms with E-state index in [1.165, 1.54) is 23.4 Å². The lowest BCUT2D eigenvalue weighted by Crippen LogP contribution is -2.26. The number of aliphatic hydroxyl groups is 1. The summed E-state index contributed by atoms with van der Waals surface area (Å²) in [6, 6.07) is 13.2. The molecule has 0 unspecified atom stereocenters. The van der Waals surface area contributed by atoms with Crippen LogP contribution in [0.1, 0.15) is 36.3 Å². The molecule has 1 aromatic heterocycles. The predicted molar refractivity (Wildman–Crippen MR) is 80.6 cm³/mol. The van der Waals surface area contributed by atoms with E-state index in [0.717, 1.165) is 12.1 Å². The number of nitrogens with zero attached hydrogens (tertiary/aromatic N) is 1. The molecule has 1 aromatic carbocycles. The fourth-order valence-corrected chi connectivity index (χ4v) is 3.17. The second-order valence-electron chi connectivity index (χ2n) is 5.17. The van der Waals surface area contributed by atoms with Crippen LogP contribution in [-0.4, -0.2) is 11.1 Å². The van der Waals surface area contributed by atoms with E-state index >= 15 is 0 Å². The second-order valence-corrected chi connectivity index (χ2v) is 6.21. The van der Waals surface area contributed by atoms with Gasteiger partial charge in [0.2, 0.25) is 0 Å². The van der Waals surface area contributed by atoms with Gasteiger partial charge in [0, 0.05) is 22.2 Å². The molecule has 100 valence electrons. The molecule has 0 aliphatic heterocycles. The lowest BCUT2D eigenvalue weighted by Gasteiger charge is -2.27. The normalized spacial score (nSPS) is 16.3. The fourth-order valence-electron chi connectivity index (χ4n) is 2.47. The monoisotopic (exact) mass is 273 g/mol. The quantitative estimate of drug-likeness (QED) is 0.891. The lowest BCUT2D eigenvalue weighted by molar-refractivity contribution is 0.199. The van der Waals surface area contributed by atoms with Gasteiger partial charge in [-0.25, -0.2) is 0 Å². The highest BCUT2D eigenvalue weighted by molar-refractivity contribution is 7.09. The van der Waals surface area contributed by atoms with Gasteiger partial charge in [0.1, 0.15) is 0 Å². The summed E-state index contributed by atoms with van der Waals surface area (Å²) in [5.74, 6) is 0. The predicted octanol–water partition coefficient (Wildman–Crippen LogP) is 3.97. The van der Waals surface area contributed by atoms with Crippen molar-refractivity contribution in [3.05, 3.63) is 52.2 Å². The van der Waals surface area contributed by atoms with E-state index < -0.39 is 6.10 Å². The number of anilines is 1. The van der Waals surface area contributed by atoms with Crippen molar-refractivity contribution in [2.24, 2.45) is 0 Å². The molecule has 2 nitrogen and oxygen atoms in total. The number of hydrogen-bond donors (Lipinski definition) is 1. The first kappa shape index (κ1) is 12.7. The molecule has 0 amide bonds. The highest BCUT2D eigenvalue weighted by Crippen LogP contribution is 2.37. The van der Waals surface area contributed by atoms with Gasteiger partial charge in [-0.3, -0.25) is 0 Å². The van der Waals surface area contributed by atoms with Crippen LogP contribution in [0.2, 0.25) is 0 Å². The topological polar surface area (TPSA) is 23.5 Å². The van der Waals surface area contributed by atoms with Gasteiger partial charge in [-0.15, -0.1) is 11.3 Å². The van der Waals surface area contributed by atoms with Crippen molar-refractivity contribution in [3.63, 3.8) is 0 Å². The molecule has 1 aliphatic carbocycles. The van der Waals surface area contributed by atoms with E-state index in [1.807, 2.05) is 19.1 Å². The number of aliphatic hydroxyl groups excluding tert-OH is 1. The Morgan fingerprint density at radius 2 is 2.05 bits per heavy atom. The first-order valence-corrected chi connectivity index (χ1v) is 7.69. The summed E-state index contributed by atoms with van der Waals surface area (Å²) in [6.07, 6.45) is 2.11. The Hall–Kier alpha value is -1.32. The zero-order chi connectivity index (χ0) is 13.2. The number of thiophene rings is 1. The van der Waals surface area contributed by atoms with Gasteiger partial charge in [0.15, 0.2) is 0 Å². The van der Waals surface area contributed by atoms with Crippen molar-refractivity contribution < 1.29 is 5.11 Å². The number of benzene rings is 1. The van der Waals surface area contributed by atoms with Crippen molar-refractivity contribution >= 4 is 17.0 Å². The highest BCUT2D eigenvalue weighted by atomic mass is 32.1. The van der Waals surface area contributed by atoms with Crippen LogP contribution in [0, 0.1) is 0 Å². The summed E-state index contributed by atoms with van der Waals surface area (Å²) >= 11 is 1.80. The van der Waals surface area contributed by atoms with Crippen molar-refractivity contribution in [2.45, 2.75) is 38.5 Å². The number of rotatable bonds is 5. The minimum absolute atomic E-state index is 0.416. The maximum absolute atomic E-state index is 9.96. The van der Waals surface area contributed by atoms with Gasteiger partial charge >= 0.3 is 0 Å². The van der Waals surface area contributed by atoms with Gasteiger partial charge in [-0.2, -0.15) is 0 Å². The average molecular weight is 273 g/mol. The van der Waals surface area contributed by atoms with E-state index in [9.17, 15) is 5.11 Å². The molecule has 3 heteroatoms. The molecule has 3 rings (SSSR count). The Kier molecular flexibility index (Phi) is 3.58. The first-order valence-electron chi connectivity index (χ1n) is 6.81. The molecule has 1 fully saturated rings. The minimum Gasteiger partial charge on any atom is -0.389 e. The van der Waals surface area contributed by atoms with Crippen LogP contribution in [0.4, 0.5) is 5.69 Å². The second kappa shape index (κ2) is 5.35. The third-order valence-electron chi connectivity index (χ3n) is 3.59. The molecule has 0 radical (unpaired) electrons. The molecule has 1 saturated carbocycles. The maximum atomic E-state index is 9.96. The molecule has 0 saturated heterocycles. The van der Waals surface area contributed by atoms with E-state index in [-0.39, 0.29) is 0 Å². The zero-order valence-corrected chi connectivity index (χ0v) is 11.9. The standard InChI is InChI=1S/C16H19NOS/c1-12(18)15-6-2-3-7-16(15)17(13-8-9-13)11-14-5-4-10-19-14/h2-7,10,12-13,18H,8-9,11H2,1H3/t12-/m0/s1. The van der Waals surface area contributed by atoms with Gasteiger partial charge in [0.05, 0.1) is 12.6 Å². The van der Waals surface area contributed by atoms with E-state index in [1.54, 1.807) is 11.3 Å². The highest BCUT2D eigenvalue weighted by Gasteiger charge is 2.31. The molecular formula is C16H19NOS. The maximum Gasteiger partial charge on any atom is 0.0781 e. The van der Waals surface area contributed by atoms with Crippen LogP contribution in [0.3, 0.4) is 0 Å². The molecular weight excluding hydrogens is 254 g/mol. The molecule has 1 atom stereocenters. The van der Waals surface area contributed by atoms with Gasteiger partial charge in [0.25, 0.3) is 0 Å². The lowest BCUT2D eigenvalue weighted by atomic mass is 10.1. The molecule has 0 spiro atoms. The summed E-state index contributed by atoms with van der Waals surface area (Å²) in [5.41, 5.74) is 2.22. The van der Waals surface area contributed by atoms with Crippen LogP contribution < -0.4 is 4.90 Å². The van der Waals surface area contributed by atoms with Crippen molar-refractivity contribution in [2.75, 3.05) is 4.90 Å². The zero-order valence-electron chi connectivity index (χ0n) is 11.1. The smallest absolute Gasteiger partial charge is 0.0781 e. The van der Waals surface area contributed by atoms with E-state index in [4.69, 9.17) is 0 Å². The summed E-state index contributed by atoms with van der Waals surface area (Å²) in [7, 11) is 0. The molecule has 1 aliphatic rings. The Balaban J connectivity index is 1.92. The van der Waals surface area contributed by atoms with E-state index in [0.29, 0.717) is 6.04 Å². The van der Waals surface area contributed by atoms with Gasteiger partial charge < -0.3 is 10.0 Å². The average Bonchev–Trinajstić information content (AvgIpc) is 3.13. The first-order chi connectivity index (χ1) is 9.25. The molecule has 1 heterocycles. The Morgan fingerprint density at radius 3 is 2.68 bits per heavy atom. The Bertz CT molecular complexity index is 531. The molecule has 19 heavy (non-hydrogen) atoms. The summed E-state index contributed by atoms with van der Waals surface area (Å²) in [5, 5.41) is 12.1. The number of para-hydroxylation sites is 1. The van der Waals surface area contributed by atoms with Crippen LogP contribution in [0.15, 0.2) is 41.8 Å². The molecule has 2 aromatic rings. The summed E-state index contributed by atoms with van der Waals surface area (Å²) < 4.78 is 0. The molecule has 1 N–H and O–H groups in total. The summed E-state index contributed by atoms with van der Waals surface area (Å²) in [4.78, 5) is 3.83. The van der Waals surface area contributed by atoms with E-state index in [2.05, 4.69) is 34.5 Å². The number of hydrogen-bond acceptors (Lipinski definition) is 3. The summed E-state index contributed by atoms with van der Waals surface area (Å²) in [6.45, 7) is 2.79. The van der Waals surface area contributed by atoms with Crippen LogP contribution >= 0.6 is 11.3 Å². The minimum atomic E-state index is -0.416. The van der Waals surface area contributed by atoms with Crippen LogP contribution in [0.25, 0.3) is 0 Å². The largest absolute Gasteiger partial charge is 0.389 e. The van der Waals surface area contributed by atoms with Gasteiger partial charge in [-0.1, -0.05) is 24.3 Å². The van der Waals surface area contributed by atoms with Crippen LogP contribution in [0.5, 0.6) is 0 Å². The van der Waals surface area contributed by atoms with Crippen molar-refractivity contribution in [3.8, 4) is 0 Å². The fraction of sp³-hybridized carbons (Fsp3) is 0.375. The van der Waals surface area contributed by atoms with Gasteiger partial charge in [-0.05, 0) is 37.3 Å². The van der Waals surface area contributed by atoms with Crippen molar-refractivity contribution in [1.82, 2.24) is 0 Å².